The Kier molecular flexibility index (Phi) is 6.68. The van der Waals surface area contributed by atoms with Crippen molar-refractivity contribution < 1.29 is 9.59 Å². The maximum Gasteiger partial charge on any atom is 0.237 e. The van der Waals surface area contributed by atoms with Crippen LogP contribution in [0.4, 0.5) is 0 Å². The van der Waals surface area contributed by atoms with Crippen molar-refractivity contribution in [2.45, 2.75) is 50.2 Å². The molecule has 0 aromatic heterocycles. The fourth-order valence-electron chi connectivity index (χ4n) is 4.64. The van der Waals surface area contributed by atoms with Crippen LogP contribution in [0, 0.1) is 0 Å². The Morgan fingerprint density at radius 3 is 2.57 bits per heavy atom. The second kappa shape index (κ2) is 9.20. The van der Waals surface area contributed by atoms with Gasteiger partial charge in [-0.1, -0.05) is 42.5 Å². The van der Waals surface area contributed by atoms with Crippen LogP contribution in [0.3, 0.4) is 0 Å². The highest BCUT2D eigenvalue weighted by molar-refractivity contribution is 5.89. The summed E-state index contributed by atoms with van der Waals surface area (Å²) < 4.78 is 0. The van der Waals surface area contributed by atoms with E-state index < -0.39 is 6.04 Å². The molecule has 2 saturated heterocycles. The zero-order chi connectivity index (χ0) is 20.0. The van der Waals surface area contributed by atoms with Crippen molar-refractivity contribution in [3.63, 3.8) is 0 Å². The monoisotopic (exact) mass is 381 g/mol. The minimum absolute atomic E-state index is 0.0484. The van der Waals surface area contributed by atoms with Gasteiger partial charge in [-0.3, -0.25) is 14.5 Å². The highest BCUT2D eigenvalue weighted by Gasteiger charge is 2.43. The third-order valence-electron chi connectivity index (χ3n) is 5.98. The third-order valence-corrected chi connectivity index (χ3v) is 5.98. The molecule has 2 heterocycles. The van der Waals surface area contributed by atoms with Crippen LogP contribution in [0.5, 0.6) is 0 Å². The number of hydrogen-bond acceptors (Lipinski definition) is 3. The van der Waals surface area contributed by atoms with Gasteiger partial charge in [0.2, 0.25) is 11.8 Å². The lowest BCUT2D eigenvalue weighted by Crippen LogP contribution is -2.57. The number of hydrogen-bond donors (Lipinski definition) is 1. The van der Waals surface area contributed by atoms with Gasteiger partial charge < -0.3 is 10.2 Å². The average Bonchev–Trinajstić information content (AvgIpc) is 3.09. The van der Waals surface area contributed by atoms with E-state index in [4.69, 9.17) is 0 Å². The van der Waals surface area contributed by atoms with Gasteiger partial charge in [0.1, 0.15) is 0 Å². The molecule has 0 saturated carbocycles. The number of amides is 2. The van der Waals surface area contributed by atoms with Crippen molar-refractivity contribution in [3.8, 4) is 0 Å². The summed E-state index contributed by atoms with van der Waals surface area (Å²) in [4.78, 5) is 30.0. The van der Waals surface area contributed by atoms with E-state index in [2.05, 4.69) is 35.5 Å². The van der Waals surface area contributed by atoms with Crippen molar-refractivity contribution in [2.24, 2.45) is 0 Å². The van der Waals surface area contributed by atoms with E-state index in [0.717, 1.165) is 44.3 Å². The van der Waals surface area contributed by atoms with E-state index in [1.54, 1.807) is 0 Å². The Balaban J connectivity index is 1.74. The molecule has 5 heteroatoms. The first-order valence-corrected chi connectivity index (χ1v) is 10.2. The normalized spacial score (nSPS) is 21.9. The Morgan fingerprint density at radius 1 is 1.18 bits per heavy atom. The molecule has 2 fully saturated rings. The van der Waals surface area contributed by atoms with Gasteiger partial charge in [-0.25, -0.2) is 0 Å². The van der Waals surface area contributed by atoms with Crippen LogP contribution < -0.4 is 5.32 Å². The fraction of sp³-hybridized carbons (Fsp3) is 0.478. The van der Waals surface area contributed by atoms with Crippen LogP contribution in [-0.2, 0) is 16.1 Å². The Labute approximate surface area is 168 Å². The summed E-state index contributed by atoms with van der Waals surface area (Å²) in [5.41, 5.74) is 0.930. The third kappa shape index (κ3) is 4.36. The molecule has 0 spiro atoms. The van der Waals surface area contributed by atoms with Gasteiger partial charge >= 0.3 is 0 Å². The minimum Gasteiger partial charge on any atom is -0.353 e. The van der Waals surface area contributed by atoms with E-state index >= 15 is 0 Å². The van der Waals surface area contributed by atoms with E-state index in [-0.39, 0.29) is 23.8 Å². The fourth-order valence-corrected chi connectivity index (χ4v) is 4.64. The molecule has 0 radical (unpaired) electrons. The number of benzene rings is 1. The van der Waals surface area contributed by atoms with Crippen LogP contribution in [0.25, 0.3) is 0 Å². The number of carbonyl (C=O) groups excluding carboxylic acids is 2. The number of nitrogens with zero attached hydrogens (tertiary/aromatic N) is 2. The molecule has 2 amide bonds. The van der Waals surface area contributed by atoms with Gasteiger partial charge in [-0.2, -0.15) is 0 Å². The molecule has 0 bridgehead atoms. The smallest absolute Gasteiger partial charge is 0.237 e. The summed E-state index contributed by atoms with van der Waals surface area (Å²) in [6.45, 7) is 10.6. The molecule has 28 heavy (non-hydrogen) atoms. The highest BCUT2D eigenvalue weighted by Crippen LogP contribution is 2.37. The molecule has 0 aliphatic carbocycles. The summed E-state index contributed by atoms with van der Waals surface area (Å²) in [6, 6.07) is 9.69. The van der Waals surface area contributed by atoms with Crippen LogP contribution in [0.2, 0.25) is 0 Å². The molecule has 1 unspecified atom stereocenters. The van der Waals surface area contributed by atoms with Crippen LogP contribution >= 0.6 is 0 Å². The van der Waals surface area contributed by atoms with E-state index in [0.29, 0.717) is 13.1 Å². The van der Waals surface area contributed by atoms with Crippen molar-refractivity contribution in [1.82, 2.24) is 15.1 Å². The molecular formula is C23H31N3O2. The molecule has 2 aliphatic rings. The van der Waals surface area contributed by atoms with Gasteiger partial charge in [0, 0.05) is 31.7 Å². The maximum atomic E-state index is 13.3. The predicted molar refractivity (Wildman–Crippen MR) is 112 cm³/mol. The first kappa shape index (κ1) is 20.3. The lowest BCUT2D eigenvalue weighted by molar-refractivity contribution is -0.141. The average molecular weight is 382 g/mol. The molecule has 1 atom stereocenters. The quantitative estimate of drug-likeness (QED) is 0.705. The lowest BCUT2D eigenvalue weighted by Gasteiger charge is -2.40. The van der Waals surface area contributed by atoms with E-state index in [1.807, 2.05) is 35.3 Å². The van der Waals surface area contributed by atoms with Crippen molar-refractivity contribution in [3.05, 3.63) is 61.2 Å². The maximum absolute atomic E-state index is 13.3. The second-order valence-corrected chi connectivity index (χ2v) is 7.83. The van der Waals surface area contributed by atoms with E-state index in [9.17, 15) is 9.59 Å². The minimum atomic E-state index is -0.424. The van der Waals surface area contributed by atoms with Crippen molar-refractivity contribution >= 4 is 11.8 Å². The number of piperazine rings is 1. The number of rotatable bonds is 8. The molecular weight excluding hydrogens is 350 g/mol. The van der Waals surface area contributed by atoms with Crippen LogP contribution in [-0.4, -0.2) is 52.8 Å². The largest absolute Gasteiger partial charge is 0.353 e. The van der Waals surface area contributed by atoms with Gasteiger partial charge in [0.25, 0.3) is 0 Å². The molecule has 1 aromatic carbocycles. The molecule has 1 aromatic rings. The molecule has 2 aliphatic heterocycles. The standard InChI is InChI=1S/C23H31N3O2/c1-3-11-23(12-4-2)13-8-15-26(23)21(27)17-20-22(28)24-14-16-25(20)18-19-9-6-5-7-10-19/h3-7,9-10,20H,1-2,8,11-18H2,(H,24,28). The van der Waals surface area contributed by atoms with Gasteiger partial charge in [-0.05, 0) is 31.2 Å². The number of likely N-dealkylation sites (tertiary alicyclic amines) is 1. The van der Waals surface area contributed by atoms with Crippen molar-refractivity contribution in [2.75, 3.05) is 19.6 Å². The zero-order valence-electron chi connectivity index (χ0n) is 16.6. The molecule has 1 N–H and O–H groups in total. The first-order valence-electron chi connectivity index (χ1n) is 10.2. The summed E-state index contributed by atoms with van der Waals surface area (Å²) in [5.74, 6) is 0.00841. The SMILES string of the molecule is C=CCC1(CC=C)CCCN1C(=O)CC1C(=O)NCCN1Cc1ccccc1. The molecule has 5 nitrogen and oxygen atoms in total. The summed E-state index contributed by atoms with van der Waals surface area (Å²) >= 11 is 0. The van der Waals surface area contributed by atoms with Crippen LogP contribution in [0.1, 0.15) is 37.7 Å². The molecule has 3 rings (SSSR count). The number of carbonyl (C=O) groups is 2. The summed E-state index contributed by atoms with van der Waals surface area (Å²) in [5, 5.41) is 2.93. The summed E-state index contributed by atoms with van der Waals surface area (Å²) in [7, 11) is 0. The molecule has 150 valence electrons. The Morgan fingerprint density at radius 2 is 1.89 bits per heavy atom. The predicted octanol–water partition coefficient (Wildman–Crippen LogP) is 2.89. The Hall–Kier alpha value is -2.40. The summed E-state index contributed by atoms with van der Waals surface area (Å²) in [6.07, 6.45) is 7.47. The number of nitrogens with one attached hydrogen (secondary N) is 1. The van der Waals surface area contributed by atoms with Gasteiger partial charge in [0.15, 0.2) is 0 Å². The van der Waals surface area contributed by atoms with E-state index in [1.165, 1.54) is 0 Å². The highest BCUT2D eigenvalue weighted by atomic mass is 16.2. The van der Waals surface area contributed by atoms with Crippen LogP contribution in [0.15, 0.2) is 55.6 Å². The van der Waals surface area contributed by atoms with Gasteiger partial charge in [0.05, 0.1) is 12.5 Å². The zero-order valence-corrected chi connectivity index (χ0v) is 16.6. The van der Waals surface area contributed by atoms with Crippen molar-refractivity contribution in [1.29, 1.82) is 0 Å². The topological polar surface area (TPSA) is 52.7 Å². The van der Waals surface area contributed by atoms with Gasteiger partial charge in [-0.15, -0.1) is 13.2 Å². The Bertz CT molecular complexity index is 706. The lowest BCUT2D eigenvalue weighted by atomic mass is 9.87. The first-order chi connectivity index (χ1) is 13.6. The second-order valence-electron chi connectivity index (χ2n) is 7.83.